The van der Waals surface area contributed by atoms with Crippen LogP contribution in [0, 0.1) is 17.1 Å². The SMILES string of the molecule is CC1CN(CC(=O)N2CC(C)(C)c3nc(C#N)c(Cc4ccc(F)cc4)cc32)C(CN2C(C)COCC2C)CN1. The number of anilines is 1. The molecular formula is C31H41FN6O2. The Morgan fingerprint density at radius 2 is 1.90 bits per heavy atom. The summed E-state index contributed by atoms with van der Waals surface area (Å²) in [5, 5.41) is 13.5. The van der Waals surface area contributed by atoms with Gasteiger partial charge in [-0.2, -0.15) is 5.26 Å². The Morgan fingerprint density at radius 1 is 1.20 bits per heavy atom. The van der Waals surface area contributed by atoms with E-state index in [4.69, 9.17) is 9.72 Å². The number of amides is 1. The van der Waals surface area contributed by atoms with Crippen LogP contribution in [0.2, 0.25) is 0 Å². The Labute approximate surface area is 237 Å². The summed E-state index contributed by atoms with van der Waals surface area (Å²) >= 11 is 0. The van der Waals surface area contributed by atoms with E-state index in [-0.39, 0.29) is 23.2 Å². The third-order valence-electron chi connectivity index (χ3n) is 8.62. The van der Waals surface area contributed by atoms with Crippen molar-refractivity contribution in [3.8, 4) is 6.07 Å². The van der Waals surface area contributed by atoms with Gasteiger partial charge in [-0.15, -0.1) is 0 Å². The Hall–Kier alpha value is -2.90. The molecule has 8 nitrogen and oxygen atoms in total. The highest BCUT2D eigenvalue weighted by Gasteiger charge is 2.42. The Morgan fingerprint density at radius 3 is 2.58 bits per heavy atom. The second-order valence-corrected chi connectivity index (χ2v) is 12.5. The minimum Gasteiger partial charge on any atom is -0.378 e. The van der Waals surface area contributed by atoms with Crippen LogP contribution >= 0.6 is 0 Å². The van der Waals surface area contributed by atoms with Crippen molar-refractivity contribution in [1.29, 1.82) is 5.26 Å². The predicted molar refractivity (Wildman–Crippen MR) is 153 cm³/mol. The molecule has 1 N–H and O–H groups in total. The fourth-order valence-corrected chi connectivity index (χ4v) is 6.38. The van der Waals surface area contributed by atoms with Gasteiger partial charge in [0, 0.05) is 62.2 Å². The number of fused-ring (bicyclic) bond motifs is 1. The quantitative estimate of drug-likeness (QED) is 0.594. The molecule has 0 bridgehead atoms. The standard InChI is InChI=1S/C31H41FN6O2/c1-20-14-36(26(13-34-20)15-37-21(2)17-40-18-22(37)3)16-29(39)38-19-31(4,5)30-28(38)11-24(27(12-33)35-30)10-23-6-8-25(32)9-7-23/h6-9,11,20-22,26,34H,10,13-19H2,1-5H3. The van der Waals surface area contributed by atoms with Gasteiger partial charge in [0.1, 0.15) is 17.6 Å². The van der Waals surface area contributed by atoms with Crippen molar-refractivity contribution in [3.05, 3.63) is 58.7 Å². The van der Waals surface area contributed by atoms with E-state index in [0.29, 0.717) is 43.3 Å². The molecule has 0 radical (unpaired) electrons. The fourth-order valence-electron chi connectivity index (χ4n) is 6.38. The summed E-state index contributed by atoms with van der Waals surface area (Å²) in [6.07, 6.45) is 0.444. The number of piperazine rings is 1. The molecule has 1 aromatic heterocycles. The molecule has 9 heteroatoms. The van der Waals surface area contributed by atoms with Crippen LogP contribution in [-0.2, 0) is 21.4 Å². The largest absolute Gasteiger partial charge is 0.378 e. The van der Waals surface area contributed by atoms with E-state index < -0.39 is 0 Å². The molecule has 3 aliphatic heterocycles. The average molecular weight is 549 g/mol. The van der Waals surface area contributed by atoms with Crippen LogP contribution in [0.25, 0.3) is 0 Å². The number of halogens is 1. The summed E-state index contributed by atoms with van der Waals surface area (Å²) in [5.41, 5.74) is 3.17. The maximum Gasteiger partial charge on any atom is 0.241 e. The maximum atomic E-state index is 14.0. The zero-order chi connectivity index (χ0) is 28.6. The molecule has 5 rings (SSSR count). The lowest BCUT2D eigenvalue weighted by molar-refractivity contribution is -0.121. The first-order valence-electron chi connectivity index (χ1n) is 14.4. The molecule has 2 fully saturated rings. The summed E-state index contributed by atoms with van der Waals surface area (Å²) < 4.78 is 19.2. The van der Waals surface area contributed by atoms with Gasteiger partial charge >= 0.3 is 0 Å². The number of pyridine rings is 1. The van der Waals surface area contributed by atoms with Crippen molar-refractivity contribution >= 4 is 11.6 Å². The monoisotopic (exact) mass is 548 g/mol. The minimum absolute atomic E-state index is 0.0493. The Kier molecular flexibility index (Phi) is 8.25. The summed E-state index contributed by atoms with van der Waals surface area (Å²) in [6.45, 7) is 15.6. The normalized spacial score (nSPS) is 26.9. The van der Waals surface area contributed by atoms with Crippen LogP contribution in [0.4, 0.5) is 10.1 Å². The summed E-state index contributed by atoms with van der Waals surface area (Å²) in [5.74, 6) is -0.249. The lowest BCUT2D eigenvalue weighted by Gasteiger charge is -2.46. The van der Waals surface area contributed by atoms with Crippen molar-refractivity contribution in [2.75, 3.05) is 50.8 Å². The Balaban J connectivity index is 1.38. The van der Waals surface area contributed by atoms with Gasteiger partial charge in [0.05, 0.1) is 31.1 Å². The molecule has 1 aromatic carbocycles. The first-order valence-corrected chi connectivity index (χ1v) is 14.4. The van der Waals surface area contributed by atoms with E-state index in [1.807, 2.05) is 11.0 Å². The van der Waals surface area contributed by atoms with E-state index >= 15 is 0 Å². The molecule has 4 atom stereocenters. The second kappa shape index (κ2) is 11.5. The average Bonchev–Trinajstić information content (AvgIpc) is 3.18. The zero-order valence-corrected chi connectivity index (χ0v) is 24.3. The van der Waals surface area contributed by atoms with E-state index in [1.54, 1.807) is 12.1 Å². The number of nitriles is 1. The number of rotatable bonds is 6. The highest BCUT2D eigenvalue weighted by molar-refractivity contribution is 5.97. The van der Waals surface area contributed by atoms with Crippen molar-refractivity contribution in [2.45, 2.75) is 70.6 Å². The molecule has 0 saturated carbocycles. The molecule has 1 amide bonds. The first kappa shape index (κ1) is 28.6. The van der Waals surface area contributed by atoms with Crippen LogP contribution in [0.3, 0.4) is 0 Å². The van der Waals surface area contributed by atoms with Gasteiger partial charge in [0.2, 0.25) is 5.91 Å². The zero-order valence-electron chi connectivity index (χ0n) is 24.3. The van der Waals surface area contributed by atoms with Crippen LogP contribution in [0.15, 0.2) is 30.3 Å². The van der Waals surface area contributed by atoms with E-state index in [1.165, 1.54) is 12.1 Å². The van der Waals surface area contributed by atoms with Gasteiger partial charge in [-0.1, -0.05) is 26.0 Å². The van der Waals surface area contributed by atoms with Crippen molar-refractivity contribution < 1.29 is 13.9 Å². The number of nitrogens with one attached hydrogen (secondary N) is 1. The van der Waals surface area contributed by atoms with Gasteiger partial charge in [-0.05, 0) is 50.1 Å². The number of nitrogens with zero attached hydrogens (tertiary/aromatic N) is 5. The second-order valence-electron chi connectivity index (χ2n) is 12.5. The fraction of sp³-hybridized carbons (Fsp3) is 0.581. The van der Waals surface area contributed by atoms with Crippen molar-refractivity contribution in [2.24, 2.45) is 0 Å². The molecule has 0 spiro atoms. The highest BCUT2D eigenvalue weighted by Crippen LogP contribution is 2.40. The van der Waals surface area contributed by atoms with Gasteiger partial charge < -0.3 is 15.0 Å². The number of ether oxygens (including phenoxy) is 1. The summed E-state index contributed by atoms with van der Waals surface area (Å²) in [7, 11) is 0. The van der Waals surface area contributed by atoms with Gasteiger partial charge in [0.25, 0.3) is 0 Å². The molecule has 3 aliphatic rings. The van der Waals surface area contributed by atoms with Crippen LogP contribution in [0.1, 0.15) is 57.1 Å². The summed E-state index contributed by atoms with van der Waals surface area (Å²) in [4.78, 5) is 25.5. The van der Waals surface area contributed by atoms with Crippen LogP contribution < -0.4 is 10.2 Å². The third kappa shape index (κ3) is 5.91. The number of benzene rings is 1. The van der Waals surface area contributed by atoms with Crippen LogP contribution in [0.5, 0.6) is 0 Å². The van der Waals surface area contributed by atoms with E-state index in [9.17, 15) is 14.4 Å². The molecule has 2 saturated heterocycles. The smallest absolute Gasteiger partial charge is 0.241 e. The minimum atomic E-state index is -0.375. The lowest BCUT2D eigenvalue weighted by atomic mass is 9.90. The van der Waals surface area contributed by atoms with E-state index in [0.717, 1.165) is 55.4 Å². The molecule has 2 aromatic rings. The first-order chi connectivity index (χ1) is 19.1. The molecule has 40 heavy (non-hydrogen) atoms. The predicted octanol–water partition coefficient (Wildman–Crippen LogP) is 3.08. The maximum absolute atomic E-state index is 14.0. The molecule has 214 valence electrons. The molecule has 4 unspecified atom stereocenters. The highest BCUT2D eigenvalue weighted by atomic mass is 19.1. The number of carbonyl (C=O) groups is 1. The third-order valence-corrected chi connectivity index (χ3v) is 8.62. The van der Waals surface area contributed by atoms with Crippen LogP contribution in [-0.4, -0.2) is 90.8 Å². The summed E-state index contributed by atoms with van der Waals surface area (Å²) in [6, 6.07) is 11.7. The topological polar surface area (TPSA) is 84.7 Å². The molecular weight excluding hydrogens is 507 g/mol. The number of hydrogen-bond donors (Lipinski definition) is 1. The van der Waals surface area contributed by atoms with E-state index in [2.05, 4.69) is 55.8 Å². The number of aromatic nitrogens is 1. The van der Waals surface area contributed by atoms with Crippen molar-refractivity contribution in [3.63, 3.8) is 0 Å². The Bertz CT molecular complexity index is 1270. The van der Waals surface area contributed by atoms with Gasteiger partial charge in [-0.25, -0.2) is 9.37 Å². The van der Waals surface area contributed by atoms with Crippen molar-refractivity contribution in [1.82, 2.24) is 20.1 Å². The number of morpholine rings is 1. The number of carbonyl (C=O) groups excluding carboxylic acids is 1. The van der Waals surface area contributed by atoms with Gasteiger partial charge in [-0.3, -0.25) is 14.6 Å². The number of hydrogen-bond acceptors (Lipinski definition) is 7. The molecule has 4 heterocycles. The van der Waals surface area contributed by atoms with Gasteiger partial charge in [0.15, 0.2) is 0 Å². The lowest BCUT2D eigenvalue weighted by Crippen LogP contribution is -2.63. The molecule has 0 aliphatic carbocycles.